The van der Waals surface area contributed by atoms with Gasteiger partial charge in [-0.15, -0.1) is 5.10 Å². The average molecular weight is 465 g/mol. The molecule has 0 saturated heterocycles. The summed E-state index contributed by atoms with van der Waals surface area (Å²) in [4.78, 5) is 22.9. The molecule has 0 aromatic carbocycles. The van der Waals surface area contributed by atoms with Gasteiger partial charge in [0.05, 0.1) is 24.0 Å². The summed E-state index contributed by atoms with van der Waals surface area (Å²) in [6.45, 7) is 0.529. The predicted octanol–water partition coefficient (Wildman–Crippen LogP) is 3.10. The molecule has 0 unspecified atom stereocenters. The number of pyridine rings is 1. The van der Waals surface area contributed by atoms with Crippen LogP contribution in [0.5, 0.6) is 11.8 Å². The fraction of sp³-hybridized carbons (Fsp3) is 0.235. The summed E-state index contributed by atoms with van der Waals surface area (Å²) in [7, 11) is 1.45. The maximum Gasteiger partial charge on any atom is 0.350 e. The van der Waals surface area contributed by atoms with Crippen molar-refractivity contribution in [3.63, 3.8) is 0 Å². The molecule has 0 spiro atoms. The van der Waals surface area contributed by atoms with Crippen molar-refractivity contribution < 1.29 is 14.4 Å². The van der Waals surface area contributed by atoms with E-state index < -0.39 is 4.92 Å². The lowest BCUT2D eigenvalue weighted by molar-refractivity contribution is -0.385. The third-order valence-corrected chi connectivity index (χ3v) is 4.68. The van der Waals surface area contributed by atoms with E-state index in [1.807, 2.05) is 0 Å². The summed E-state index contributed by atoms with van der Waals surface area (Å²) in [5.74, 6) is 0.152. The Morgan fingerprint density at radius 2 is 2.06 bits per heavy atom. The van der Waals surface area contributed by atoms with E-state index in [4.69, 9.17) is 32.7 Å². The van der Waals surface area contributed by atoms with E-state index in [2.05, 4.69) is 25.1 Å². The number of methoxy groups -OCH3 is 1. The highest BCUT2D eigenvalue weighted by atomic mass is 35.5. The van der Waals surface area contributed by atoms with E-state index in [0.717, 1.165) is 0 Å². The highest BCUT2D eigenvalue weighted by Gasteiger charge is 2.23. The van der Waals surface area contributed by atoms with Gasteiger partial charge in [0.25, 0.3) is 0 Å². The van der Waals surface area contributed by atoms with Crippen LogP contribution in [0, 0.1) is 10.1 Å². The Hall–Kier alpha value is -3.51. The number of hydrogen-bond donors (Lipinski definition) is 0. The normalized spacial score (nSPS) is 11.1. The van der Waals surface area contributed by atoms with Gasteiger partial charge < -0.3 is 9.47 Å². The van der Waals surface area contributed by atoms with Gasteiger partial charge in [0.15, 0.2) is 10.8 Å². The van der Waals surface area contributed by atoms with Gasteiger partial charge in [-0.25, -0.2) is 19.3 Å². The van der Waals surface area contributed by atoms with Crippen LogP contribution < -0.4 is 9.47 Å². The Morgan fingerprint density at radius 1 is 1.23 bits per heavy atom. The number of fused-ring (bicyclic) bond motifs is 1. The molecule has 0 amide bonds. The minimum Gasteiger partial charge on any atom is -0.479 e. The Balaban J connectivity index is 1.48. The second kappa shape index (κ2) is 8.70. The maximum atomic E-state index is 11.4. The van der Waals surface area contributed by atoms with Crippen molar-refractivity contribution in [2.45, 2.75) is 13.0 Å². The van der Waals surface area contributed by atoms with Crippen molar-refractivity contribution in [1.82, 2.24) is 34.5 Å². The lowest BCUT2D eigenvalue weighted by Gasteiger charge is -2.06. The molecular formula is C17H14Cl2N8O4. The van der Waals surface area contributed by atoms with Gasteiger partial charge in [0.1, 0.15) is 11.9 Å². The first kappa shape index (κ1) is 20.8. The zero-order valence-electron chi connectivity index (χ0n) is 16.0. The largest absolute Gasteiger partial charge is 0.479 e. The van der Waals surface area contributed by atoms with Crippen LogP contribution in [0.2, 0.25) is 10.4 Å². The number of ether oxygens (including phenoxy) is 2. The highest BCUT2D eigenvalue weighted by molar-refractivity contribution is 6.34. The van der Waals surface area contributed by atoms with Crippen molar-refractivity contribution >= 4 is 39.9 Å². The molecule has 0 aliphatic heterocycles. The van der Waals surface area contributed by atoms with Gasteiger partial charge in [-0.05, 0) is 23.7 Å². The zero-order chi connectivity index (χ0) is 22.0. The van der Waals surface area contributed by atoms with Crippen LogP contribution in [0.25, 0.3) is 16.7 Å². The molecule has 0 atom stereocenters. The number of aromatic nitrogens is 7. The van der Waals surface area contributed by atoms with Crippen LogP contribution in [-0.4, -0.2) is 53.2 Å². The van der Waals surface area contributed by atoms with E-state index in [-0.39, 0.29) is 34.5 Å². The SMILES string of the molecule is COc1ncccc1-n1cc([N+](=O)[O-])c(OCCCn2nc(Cl)c3cnc(Cl)nc32)n1. The highest BCUT2D eigenvalue weighted by Crippen LogP contribution is 2.29. The number of halogens is 2. The van der Waals surface area contributed by atoms with Crippen molar-refractivity contribution in [2.24, 2.45) is 0 Å². The summed E-state index contributed by atoms with van der Waals surface area (Å²) in [6.07, 6.45) is 4.74. The summed E-state index contributed by atoms with van der Waals surface area (Å²) in [6, 6.07) is 3.34. The summed E-state index contributed by atoms with van der Waals surface area (Å²) >= 11 is 11.9. The fourth-order valence-electron chi connectivity index (χ4n) is 2.85. The zero-order valence-corrected chi connectivity index (χ0v) is 17.5. The van der Waals surface area contributed by atoms with E-state index in [1.54, 1.807) is 23.0 Å². The Bertz CT molecular complexity index is 1260. The van der Waals surface area contributed by atoms with Gasteiger partial charge in [-0.2, -0.15) is 10.1 Å². The van der Waals surface area contributed by atoms with Crippen molar-refractivity contribution in [2.75, 3.05) is 13.7 Å². The molecule has 31 heavy (non-hydrogen) atoms. The molecule has 4 aromatic heterocycles. The first-order chi connectivity index (χ1) is 15.0. The summed E-state index contributed by atoms with van der Waals surface area (Å²) in [5, 5.41) is 20.7. The molecule has 0 aliphatic rings. The monoisotopic (exact) mass is 464 g/mol. The fourth-order valence-corrected chi connectivity index (χ4v) is 3.21. The first-order valence-electron chi connectivity index (χ1n) is 8.88. The van der Waals surface area contributed by atoms with Gasteiger partial charge >= 0.3 is 11.6 Å². The molecule has 0 N–H and O–H groups in total. The Labute approximate surface area is 184 Å². The molecule has 0 fully saturated rings. The molecular weight excluding hydrogens is 451 g/mol. The second-order valence-corrected chi connectivity index (χ2v) is 6.84. The topological polar surface area (TPSA) is 136 Å². The Morgan fingerprint density at radius 3 is 2.84 bits per heavy atom. The molecule has 160 valence electrons. The first-order valence-corrected chi connectivity index (χ1v) is 9.64. The van der Waals surface area contributed by atoms with Crippen molar-refractivity contribution in [3.8, 4) is 17.4 Å². The minimum atomic E-state index is -0.568. The lowest BCUT2D eigenvalue weighted by Crippen LogP contribution is -2.07. The number of hydrogen-bond acceptors (Lipinski definition) is 9. The minimum absolute atomic E-state index is 0.0774. The third kappa shape index (κ3) is 4.20. The quantitative estimate of drug-likeness (QED) is 0.166. The number of aryl methyl sites for hydroxylation is 1. The molecule has 4 aromatic rings. The average Bonchev–Trinajstić information content (AvgIpc) is 3.32. The Kier molecular flexibility index (Phi) is 5.82. The van der Waals surface area contributed by atoms with Crippen LogP contribution in [0.15, 0.2) is 30.7 Å². The van der Waals surface area contributed by atoms with Gasteiger partial charge in [-0.1, -0.05) is 11.6 Å². The second-order valence-electron chi connectivity index (χ2n) is 6.15. The molecule has 4 heterocycles. The molecule has 0 aliphatic carbocycles. The van der Waals surface area contributed by atoms with Gasteiger partial charge in [0, 0.05) is 25.4 Å². The standard InChI is InChI=1S/C17H14Cl2N8O4/c1-30-15-11(4-2-5-20-15)26-9-12(27(28)29)16(24-26)31-7-3-6-25-14-10(13(18)23-25)8-21-17(19)22-14/h2,4-5,8-9H,3,6-7H2,1H3. The molecule has 0 bridgehead atoms. The molecule has 0 radical (unpaired) electrons. The van der Waals surface area contributed by atoms with Gasteiger partial charge in [-0.3, -0.25) is 10.1 Å². The number of nitro groups is 1. The molecule has 0 saturated carbocycles. The van der Waals surface area contributed by atoms with Crippen molar-refractivity contribution in [1.29, 1.82) is 0 Å². The predicted molar refractivity (Wildman–Crippen MR) is 110 cm³/mol. The van der Waals surface area contributed by atoms with E-state index in [9.17, 15) is 10.1 Å². The lowest BCUT2D eigenvalue weighted by atomic mass is 10.4. The van der Waals surface area contributed by atoms with Crippen LogP contribution in [0.4, 0.5) is 5.69 Å². The molecule has 12 nitrogen and oxygen atoms in total. The smallest absolute Gasteiger partial charge is 0.350 e. The number of nitrogens with zero attached hydrogens (tertiary/aromatic N) is 8. The maximum absolute atomic E-state index is 11.4. The van der Waals surface area contributed by atoms with Gasteiger partial charge in [0.2, 0.25) is 11.2 Å². The molecule has 14 heteroatoms. The van der Waals surface area contributed by atoms with Crippen LogP contribution >= 0.6 is 23.2 Å². The summed E-state index contributed by atoms with van der Waals surface area (Å²) < 4.78 is 13.6. The molecule has 4 rings (SSSR count). The van der Waals surface area contributed by atoms with Crippen LogP contribution in [-0.2, 0) is 6.54 Å². The van der Waals surface area contributed by atoms with Crippen LogP contribution in [0.3, 0.4) is 0 Å². The summed E-state index contributed by atoms with van der Waals surface area (Å²) in [5.41, 5.74) is 0.652. The van der Waals surface area contributed by atoms with E-state index >= 15 is 0 Å². The van der Waals surface area contributed by atoms with Crippen LogP contribution in [0.1, 0.15) is 6.42 Å². The van der Waals surface area contributed by atoms with Crippen molar-refractivity contribution in [3.05, 3.63) is 51.3 Å². The third-order valence-electron chi connectivity index (χ3n) is 4.22. The van der Waals surface area contributed by atoms with E-state index in [0.29, 0.717) is 29.7 Å². The number of rotatable bonds is 8. The van der Waals surface area contributed by atoms with E-state index in [1.165, 1.54) is 24.2 Å².